The minimum Gasteiger partial charge on any atom is -0.392 e. The molecule has 2 aliphatic heterocycles. The predicted molar refractivity (Wildman–Crippen MR) is 151 cm³/mol. The van der Waals surface area contributed by atoms with E-state index in [1.165, 1.54) is 0 Å². The Labute approximate surface area is 240 Å². The normalized spacial score (nSPS) is 34.0. The molecule has 2 fully saturated rings. The van der Waals surface area contributed by atoms with Crippen LogP contribution in [0.1, 0.15) is 0 Å². The molecule has 0 aliphatic carbocycles. The van der Waals surface area contributed by atoms with Crippen molar-refractivity contribution in [2.45, 2.75) is 61.4 Å². The van der Waals surface area contributed by atoms with Crippen molar-refractivity contribution in [3.8, 4) is 0 Å². The Hall–Kier alpha value is -1.16. The van der Waals surface area contributed by atoms with Crippen LogP contribution in [0, 0.1) is 0 Å². The molecule has 0 aromatic carbocycles. The molecule has 0 amide bonds. The molecule has 13 heteroatoms. The van der Waals surface area contributed by atoms with Gasteiger partial charge in [-0.25, -0.2) is 5.87 Å². The van der Waals surface area contributed by atoms with Gasteiger partial charge in [0.1, 0.15) is 42.7 Å². The third kappa shape index (κ3) is 10.3. The number of hydrogen-bond donors (Lipinski definition) is 0. The second-order valence-corrected chi connectivity index (χ2v) is 10.2. The lowest BCUT2D eigenvalue weighted by Gasteiger charge is -2.45. The minimum absolute atomic E-state index is 0.277. The number of ether oxygens (including phenoxy) is 11. The second-order valence-electron chi connectivity index (χ2n) is 8.73. The summed E-state index contributed by atoms with van der Waals surface area (Å²) in [7, 11) is 10.3. The summed E-state index contributed by atoms with van der Waals surface area (Å²) in [6.07, 6.45) is -0.692. The van der Waals surface area contributed by atoms with E-state index >= 15 is 0 Å². The second kappa shape index (κ2) is 20.7. The molecule has 0 saturated carbocycles. The molecule has 10 atom stereocenters. The number of rotatable bonds is 16. The van der Waals surface area contributed by atoms with Gasteiger partial charge in [0.25, 0.3) is 0 Å². The zero-order valence-electron chi connectivity index (χ0n) is 24.7. The van der Waals surface area contributed by atoms with Crippen LogP contribution in [-0.2, 0) is 67.0 Å². The Balaban J connectivity index is 0.000000402. The molecular weight excluding hydrogens is 548 g/mol. The van der Waals surface area contributed by atoms with Crippen molar-refractivity contribution in [2.75, 3.05) is 75.3 Å². The third-order valence-electron chi connectivity index (χ3n) is 6.39. The summed E-state index contributed by atoms with van der Waals surface area (Å²) in [5.41, 5.74) is 0. The predicted octanol–water partition coefficient (Wildman–Crippen LogP) is 0.682. The van der Waals surface area contributed by atoms with Crippen molar-refractivity contribution in [1.82, 2.24) is 0 Å². The number of methoxy groups -OCH3 is 7. The maximum Gasteiger partial charge on any atom is 0.187 e. The first-order chi connectivity index (χ1) is 19.3. The van der Waals surface area contributed by atoms with Crippen LogP contribution in [0.25, 0.3) is 0 Å². The summed E-state index contributed by atoms with van der Waals surface area (Å²) in [4.78, 5) is 10.7. The summed E-state index contributed by atoms with van der Waals surface area (Å²) in [6.45, 7) is 8.31. The fourth-order valence-corrected chi connectivity index (χ4v) is 5.35. The highest BCUT2D eigenvalue weighted by atomic mass is 32.2. The van der Waals surface area contributed by atoms with E-state index in [1.54, 1.807) is 61.9 Å². The van der Waals surface area contributed by atoms with Crippen LogP contribution in [-0.4, -0.2) is 148 Å². The molecule has 0 radical (unpaired) electrons. The topological polar surface area (TPSA) is 119 Å². The van der Waals surface area contributed by atoms with Crippen molar-refractivity contribution < 1.29 is 56.9 Å². The van der Waals surface area contributed by atoms with Crippen LogP contribution in [0.3, 0.4) is 0 Å². The van der Waals surface area contributed by atoms with Crippen molar-refractivity contribution in [1.29, 1.82) is 0 Å². The first-order valence-corrected chi connectivity index (χ1v) is 14.2. The fraction of sp³-hybridized carbons (Fsp3) is 0.778. The van der Waals surface area contributed by atoms with Crippen molar-refractivity contribution in [2.24, 2.45) is 0 Å². The van der Waals surface area contributed by atoms with Crippen LogP contribution >= 0.6 is 0 Å². The summed E-state index contributed by atoms with van der Waals surface area (Å²) in [6, 6.07) is 0. The average molecular weight is 596 g/mol. The Morgan fingerprint density at radius 1 is 0.675 bits per heavy atom. The number of carbonyl (C=O) groups excluding carboxylic acids is 1. The molecule has 2 rings (SSSR count). The molecule has 2 saturated heterocycles. The monoisotopic (exact) mass is 595 g/mol. The molecule has 10 unspecified atom stereocenters. The molecule has 12 nitrogen and oxygen atoms in total. The Kier molecular flexibility index (Phi) is 19.1. The summed E-state index contributed by atoms with van der Waals surface area (Å²) >= 11 is 0. The molecular formula is C27H47O12S-. The first kappa shape index (κ1) is 36.9. The van der Waals surface area contributed by atoms with Crippen molar-refractivity contribution in [3.63, 3.8) is 0 Å². The summed E-state index contributed by atoms with van der Waals surface area (Å²) in [5.74, 6) is 4.13. The summed E-state index contributed by atoms with van der Waals surface area (Å²) < 4.78 is 60.9. The smallest absolute Gasteiger partial charge is 0.187 e. The van der Waals surface area contributed by atoms with Crippen LogP contribution in [0.5, 0.6) is 0 Å². The molecule has 0 spiro atoms. The van der Waals surface area contributed by atoms with Gasteiger partial charge in [0.05, 0.1) is 25.9 Å². The SMILES string of the molecule is C=CCOC1OC(COC)C(OC)C(OC)C1OC.C=CCOC1OC(C[S-](=C)=C=O)C(OC)C(OC)C1OC. The molecule has 0 bridgehead atoms. The fourth-order valence-electron chi connectivity index (χ4n) is 4.62. The Morgan fingerprint density at radius 3 is 1.43 bits per heavy atom. The van der Waals surface area contributed by atoms with Gasteiger partial charge in [-0.05, 0) is 5.23 Å². The van der Waals surface area contributed by atoms with E-state index in [0.717, 1.165) is 0 Å². The minimum atomic E-state index is -0.780. The van der Waals surface area contributed by atoms with E-state index in [4.69, 9.17) is 52.1 Å². The molecule has 0 aromatic heterocycles. The van der Waals surface area contributed by atoms with Crippen LogP contribution in [0.15, 0.2) is 25.3 Å². The van der Waals surface area contributed by atoms with E-state index in [1.807, 2.05) is 5.23 Å². The third-order valence-corrected chi connectivity index (χ3v) is 7.35. The highest BCUT2D eigenvalue weighted by molar-refractivity contribution is 7.92. The first-order valence-electron chi connectivity index (χ1n) is 12.7. The highest BCUT2D eigenvalue weighted by Gasteiger charge is 2.48. The largest absolute Gasteiger partial charge is 0.392 e. The molecule has 0 N–H and O–H groups in total. The lowest BCUT2D eigenvalue weighted by Crippen LogP contribution is -2.61. The standard InChI is InChI=1S/C14H23O6S.C13H24O6/c1-6-7-19-14-13(18-4)12(17-3)11(16-2)10(20-14)8-21(5)9-15;1-6-7-18-13-12(17-5)11(16-4)10(15-3)9(19-13)8-14-2/h6,10-14H,1,5,7-8H2,2-4H3;6,9-13H,1,7-8H2,2-5H3/q-1;. The molecule has 40 heavy (non-hydrogen) atoms. The van der Waals surface area contributed by atoms with Gasteiger partial charge >= 0.3 is 0 Å². The zero-order valence-corrected chi connectivity index (χ0v) is 25.5. The van der Waals surface area contributed by atoms with Gasteiger partial charge in [0.2, 0.25) is 0 Å². The van der Waals surface area contributed by atoms with E-state index in [2.05, 4.69) is 19.0 Å². The Bertz CT molecular complexity index is 815. The van der Waals surface area contributed by atoms with Gasteiger partial charge < -0.3 is 62.2 Å². The molecule has 2 heterocycles. The lowest BCUT2D eigenvalue weighted by molar-refractivity contribution is -0.311. The van der Waals surface area contributed by atoms with Crippen LogP contribution < -0.4 is 0 Å². The average Bonchev–Trinajstić information content (AvgIpc) is 2.98. The van der Waals surface area contributed by atoms with Gasteiger partial charge in [0.15, 0.2) is 12.6 Å². The molecule has 2 aliphatic rings. The van der Waals surface area contributed by atoms with Crippen LogP contribution in [0.2, 0.25) is 0 Å². The number of hydrogen-bond acceptors (Lipinski definition) is 13. The maximum atomic E-state index is 10.7. The quantitative estimate of drug-likeness (QED) is 0.142. The maximum absolute atomic E-state index is 10.7. The van der Waals surface area contributed by atoms with Gasteiger partial charge in [0, 0.05) is 49.8 Å². The highest BCUT2D eigenvalue weighted by Crippen LogP contribution is 2.29. The van der Waals surface area contributed by atoms with Gasteiger partial charge in [-0.3, -0.25) is 4.79 Å². The van der Waals surface area contributed by atoms with Gasteiger partial charge in [-0.2, -0.15) is 0 Å². The molecule has 234 valence electrons. The molecule has 0 aromatic rings. The Morgan fingerprint density at radius 2 is 1.07 bits per heavy atom. The zero-order chi connectivity index (χ0) is 30.1. The van der Waals surface area contributed by atoms with E-state index in [-0.39, 0.29) is 42.7 Å². The van der Waals surface area contributed by atoms with Gasteiger partial charge in [-0.15, -0.1) is 13.2 Å². The summed E-state index contributed by atoms with van der Waals surface area (Å²) in [5, 5.41) is 1.87. The van der Waals surface area contributed by atoms with Crippen molar-refractivity contribution >= 4 is 21.2 Å². The van der Waals surface area contributed by atoms with E-state index < -0.39 is 28.8 Å². The van der Waals surface area contributed by atoms with Crippen molar-refractivity contribution in [3.05, 3.63) is 25.3 Å². The van der Waals surface area contributed by atoms with Crippen LogP contribution in [0.4, 0.5) is 0 Å². The van der Waals surface area contributed by atoms with Gasteiger partial charge in [-0.1, -0.05) is 17.9 Å². The van der Waals surface area contributed by atoms with E-state index in [9.17, 15) is 4.79 Å². The lowest BCUT2D eigenvalue weighted by atomic mass is 9.98. The van der Waals surface area contributed by atoms with E-state index in [0.29, 0.717) is 25.6 Å².